The van der Waals surface area contributed by atoms with Crippen LogP contribution in [-0.2, 0) is 17.8 Å². The van der Waals surface area contributed by atoms with Gasteiger partial charge in [-0.05, 0) is 41.8 Å². The zero-order chi connectivity index (χ0) is 24.8. The van der Waals surface area contributed by atoms with E-state index in [2.05, 4.69) is 17.6 Å². The van der Waals surface area contributed by atoms with Gasteiger partial charge in [0.1, 0.15) is 6.61 Å². The highest BCUT2D eigenvalue weighted by atomic mass is 32.2. The van der Waals surface area contributed by atoms with Crippen LogP contribution in [0.1, 0.15) is 23.6 Å². The van der Waals surface area contributed by atoms with Crippen LogP contribution in [0, 0.1) is 10.1 Å². The van der Waals surface area contributed by atoms with E-state index in [0.29, 0.717) is 10.7 Å². The molecule has 0 bridgehead atoms. The summed E-state index contributed by atoms with van der Waals surface area (Å²) in [6.45, 7) is 2.32. The normalized spacial score (nSPS) is 16.1. The number of aryl methyl sites for hydroxylation is 1. The lowest BCUT2D eigenvalue weighted by atomic mass is 10.1. The molecule has 0 saturated carbocycles. The molecule has 0 unspecified atom stereocenters. The van der Waals surface area contributed by atoms with Gasteiger partial charge in [-0.2, -0.15) is 0 Å². The molecular weight excluding hydrogens is 466 g/mol. The second-order valence-electron chi connectivity index (χ2n) is 7.77. The third kappa shape index (κ3) is 5.93. The molecule has 1 aliphatic rings. The van der Waals surface area contributed by atoms with E-state index in [1.165, 1.54) is 42.6 Å². The Hall–Kier alpha value is -3.98. The lowest BCUT2D eigenvalue weighted by Gasteiger charge is -2.13. The van der Waals surface area contributed by atoms with Gasteiger partial charge in [0.05, 0.1) is 28.6 Å². The number of hydrogen-bond donors (Lipinski definition) is 2. The van der Waals surface area contributed by atoms with Crippen LogP contribution in [0.5, 0.6) is 11.5 Å². The lowest BCUT2D eigenvalue weighted by Crippen LogP contribution is -2.30. The average molecular weight is 492 g/mol. The highest BCUT2D eigenvalue weighted by molar-refractivity contribution is 8.05. The van der Waals surface area contributed by atoms with Gasteiger partial charge in [0.25, 0.3) is 11.6 Å². The summed E-state index contributed by atoms with van der Waals surface area (Å²) >= 11 is 1.26. The molecule has 2 N–H and O–H groups in total. The van der Waals surface area contributed by atoms with E-state index in [-0.39, 0.29) is 29.5 Å². The number of nitrogens with one attached hydrogen (secondary N) is 2. The third-order valence-electron chi connectivity index (χ3n) is 5.42. The number of methoxy groups -OCH3 is 1. The Morgan fingerprint density at radius 3 is 2.49 bits per heavy atom. The summed E-state index contributed by atoms with van der Waals surface area (Å²) < 4.78 is 11.2. The topological polar surface area (TPSA) is 103 Å². The van der Waals surface area contributed by atoms with Crippen LogP contribution in [-0.4, -0.2) is 23.4 Å². The maximum absolute atomic E-state index is 12.6. The number of rotatable bonds is 9. The van der Waals surface area contributed by atoms with E-state index in [1.807, 2.05) is 54.6 Å². The summed E-state index contributed by atoms with van der Waals surface area (Å²) in [4.78, 5) is 24.3. The van der Waals surface area contributed by atoms with Gasteiger partial charge in [0.15, 0.2) is 17.0 Å². The van der Waals surface area contributed by atoms with Crippen molar-refractivity contribution in [3.05, 3.63) is 98.4 Å². The fraction of sp³-hybridized carbons (Fsp3) is 0.192. The minimum atomic E-state index is -0.496. The van der Waals surface area contributed by atoms with Crippen LogP contribution in [0.25, 0.3) is 6.08 Å². The van der Waals surface area contributed by atoms with Crippen molar-refractivity contribution in [3.8, 4) is 11.5 Å². The molecule has 180 valence electrons. The van der Waals surface area contributed by atoms with E-state index in [4.69, 9.17) is 9.47 Å². The molecule has 0 radical (unpaired) electrons. The van der Waals surface area contributed by atoms with Gasteiger partial charge >= 0.3 is 0 Å². The Labute approximate surface area is 207 Å². The van der Waals surface area contributed by atoms with E-state index in [9.17, 15) is 14.9 Å². The highest BCUT2D eigenvalue weighted by Gasteiger charge is 2.29. The van der Waals surface area contributed by atoms with Crippen molar-refractivity contribution in [1.82, 2.24) is 5.32 Å². The molecule has 1 atom stereocenters. The zero-order valence-electron chi connectivity index (χ0n) is 19.3. The molecule has 0 aliphatic carbocycles. The van der Waals surface area contributed by atoms with E-state index >= 15 is 0 Å². The summed E-state index contributed by atoms with van der Waals surface area (Å²) in [6.07, 6.45) is 2.45. The number of nitro groups is 1. The lowest BCUT2D eigenvalue weighted by molar-refractivity contribution is -0.385. The number of carbonyl (C=O) groups is 1. The Morgan fingerprint density at radius 2 is 1.83 bits per heavy atom. The Kier molecular flexibility index (Phi) is 7.57. The number of carbonyl (C=O) groups excluding carboxylic acids is 1. The maximum Gasteiger partial charge on any atom is 0.280 e. The van der Waals surface area contributed by atoms with E-state index in [1.54, 1.807) is 0 Å². The van der Waals surface area contributed by atoms with Crippen LogP contribution in [0.2, 0.25) is 0 Å². The summed E-state index contributed by atoms with van der Waals surface area (Å²) in [7, 11) is 1.47. The number of nitrogens with zero attached hydrogens (tertiary/aromatic N) is 1. The molecule has 3 aromatic rings. The van der Waals surface area contributed by atoms with E-state index < -0.39 is 10.4 Å². The molecule has 1 fully saturated rings. The van der Waals surface area contributed by atoms with Gasteiger partial charge in [-0.3, -0.25) is 14.9 Å². The summed E-state index contributed by atoms with van der Waals surface area (Å²) in [6, 6.07) is 20.3. The molecule has 1 heterocycles. The van der Waals surface area contributed by atoms with Crippen LogP contribution >= 0.6 is 11.8 Å². The number of ether oxygens (including phenoxy) is 2. The first kappa shape index (κ1) is 24.2. The molecule has 1 saturated heterocycles. The van der Waals surface area contributed by atoms with Crippen LogP contribution < -0.4 is 20.1 Å². The molecule has 1 aliphatic heterocycles. The number of amides is 1. The Morgan fingerprint density at radius 1 is 1.09 bits per heavy atom. The minimum absolute atomic E-state index is 0.179. The first-order chi connectivity index (χ1) is 17.0. The Balaban J connectivity index is 1.55. The first-order valence-electron chi connectivity index (χ1n) is 11.0. The summed E-state index contributed by atoms with van der Waals surface area (Å²) in [5.41, 5.74) is 2.69. The smallest absolute Gasteiger partial charge is 0.280 e. The maximum atomic E-state index is 12.6. The standard InChI is InChI=1S/C26H25N3O5S/c1-3-17-9-11-20(12-10-17)27-26-28-25(30)24(35-26)14-19-13-22(33-2)23(15-21(19)29(31)32)34-16-18-7-5-4-6-8-18/h4-15,26-27H,3,16H2,1-2H3,(H,28,30)/b24-14-/t26-/m1/s1. The van der Waals surface area contributed by atoms with Crippen LogP contribution in [0.4, 0.5) is 11.4 Å². The quantitative estimate of drug-likeness (QED) is 0.236. The van der Waals surface area contributed by atoms with Crippen molar-refractivity contribution in [2.24, 2.45) is 0 Å². The van der Waals surface area contributed by atoms with Gasteiger partial charge in [0.2, 0.25) is 0 Å². The molecule has 4 rings (SSSR count). The van der Waals surface area contributed by atoms with Gasteiger partial charge in [-0.15, -0.1) is 0 Å². The van der Waals surface area contributed by atoms with Gasteiger partial charge in [-0.25, -0.2) is 0 Å². The molecule has 35 heavy (non-hydrogen) atoms. The van der Waals surface area contributed by atoms with Crippen molar-refractivity contribution in [2.45, 2.75) is 25.4 Å². The predicted octanol–water partition coefficient (Wildman–Crippen LogP) is 5.34. The van der Waals surface area contributed by atoms with Crippen molar-refractivity contribution < 1.29 is 19.2 Å². The van der Waals surface area contributed by atoms with Gasteiger partial charge < -0.3 is 20.1 Å². The molecule has 0 spiro atoms. The molecular formula is C26H25N3O5S. The second-order valence-corrected chi connectivity index (χ2v) is 8.91. The first-order valence-corrected chi connectivity index (χ1v) is 11.9. The van der Waals surface area contributed by atoms with Crippen molar-refractivity contribution in [2.75, 3.05) is 12.4 Å². The van der Waals surface area contributed by atoms with Crippen molar-refractivity contribution in [3.63, 3.8) is 0 Å². The minimum Gasteiger partial charge on any atom is -0.493 e. The highest BCUT2D eigenvalue weighted by Crippen LogP contribution is 2.38. The van der Waals surface area contributed by atoms with Crippen LogP contribution in [0.15, 0.2) is 71.6 Å². The van der Waals surface area contributed by atoms with Crippen LogP contribution in [0.3, 0.4) is 0 Å². The summed E-state index contributed by atoms with van der Waals surface area (Å²) in [5.74, 6) is 0.284. The SMILES string of the molecule is CCc1ccc(N[C@@H]2NC(=O)/C(=C/c3cc(OC)c(OCc4ccccc4)cc3[N+](=O)[O-])S2)cc1. The fourth-order valence-electron chi connectivity index (χ4n) is 3.54. The molecule has 3 aromatic carbocycles. The molecule has 9 heteroatoms. The van der Waals surface area contributed by atoms with E-state index in [0.717, 1.165) is 17.7 Å². The van der Waals surface area contributed by atoms with Crippen molar-refractivity contribution >= 4 is 35.1 Å². The van der Waals surface area contributed by atoms with Gasteiger partial charge in [-0.1, -0.05) is 61.2 Å². The number of thioether (sulfide) groups is 1. The summed E-state index contributed by atoms with van der Waals surface area (Å²) in [5, 5.41) is 17.9. The number of benzene rings is 3. The Bertz CT molecular complexity index is 1250. The molecule has 0 aromatic heterocycles. The third-order valence-corrected chi connectivity index (χ3v) is 6.45. The van der Waals surface area contributed by atoms with Crippen molar-refractivity contribution in [1.29, 1.82) is 0 Å². The molecule has 8 nitrogen and oxygen atoms in total. The molecule has 1 amide bonds. The number of hydrogen-bond acceptors (Lipinski definition) is 7. The monoisotopic (exact) mass is 491 g/mol. The zero-order valence-corrected chi connectivity index (χ0v) is 20.1. The predicted molar refractivity (Wildman–Crippen MR) is 137 cm³/mol. The largest absolute Gasteiger partial charge is 0.493 e. The van der Waals surface area contributed by atoms with Gasteiger partial charge in [0, 0.05) is 5.69 Å². The fourth-order valence-corrected chi connectivity index (χ4v) is 4.52. The number of nitro benzene ring substituents is 1. The second kappa shape index (κ2) is 11.0. The average Bonchev–Trinajstić information content (AvgIpc) is 3.21. The number of anilines is 1.